The summed E-state index contributed by atoms with van der Waals surface area (Å²) < 4.78 is 5.37. The molecule has 2 N–H and O–H groups in total. The fourth-order valence-electron chi connectivity index (χ4n) is 2.55. The molecule has 1 aliphatic heterocycles. The molecule has 1 unspecified atom stereocenters. The summed E-state index contributed by atoms with van der Waals surface area (Å²) in [6.07, 6.45) is 2.58. The maximum atomic E-state index is 5.37. The van der Waals surface area contributed by atoms with E-state index >= 15 is 0 Å². The summed E-state index contributed by atoms with van der Waals surface area (Å²) in [7, 11) is 1.73. The van der Waals surface area contributed by atoms with Crippen LogP contribution in [0.1, 0.15) is 24.0 Å². The van der Waals surface area contributed by atoms with Crippen LogP contribution in [0.5, 0.6) is 5.75 Å². The van der Waals surface area contributed by atoms with E-state index in [1.54, 1.807) is 7.11 Å². The standard InChI is InChI=1S/C14H22N2O/c1-10-7-13(8-11(2)14(10)17-3)16-9-12-5-4-6-15-12/h7-8,12,15-16H,4-6,9H2,1-3H3. The predicted octanol–water partition coefficient (Wildman–Crippen LogP) is 2.48. The summed E-state index contributed by atoms with van der Waals surface area (Å²) in [5.74, 6) is 0.995. The topological polar surface area (TPSA) is 33.3 Å². The molecule has 0 saturated carbocycles. The van der Waals surface area contributed by atoms with Gasteiger partial charge in [-0.3, -0.25) is 0 Å². The number of rotatable bonds is 4. The first-order valence-corrected chi connectivity index (χ1v) is 6.33. The van der Waals surface area contributed by atoms with Crippen LogP contribution < -0.4 is 15.4 Å². The summed E-state index contributed by atoms with van der Waals surface area (Å²) in [6.45, 7) is 6.34. The summed E-state index contributed by atoms with van der Waals surface area (Å²) in [5, 5.41) is 6.99. The second-order valence-electron chi connectivity index (χ2n) is 4.82. The molecular formula is C14H22N2O. The first-order valence-electron chi connectivity index (χ1n) is 6.33. The fraction of sp³-hybridized carbons (Fsp3) is 0.571. The molecule has 3 nitrogen and oxygen atoms in total. The Morgan fingerprint density at radius 1 is 1.35 bits per heavy atom. The lowest BCUT2D eigenvalue weighted by Crippen LogP contribution is -2.29. The minimum atomic E-state index is 0.623. The summed E-state index contributed by atoms with van der Waals surface area (Å²) in [6, 6.07) is 4.93. The third kappa shape index (κ3) is 2.91. The molecule has 1 atom stereocenters. The van der Waals surface area contributed by atoms with Gasteiger partial charge in [0.25, 0.3) is 0 Å². The van der Waals surface area contributed by atoms with Gasteiger partial charge in [-0.15, -0.1) is 0 Å². The first kappa shape index (κ1) is 12.2. The molecule has 0 aliphatic carbocycles. The Morgan fingerprint density at radius 2 is 2.06 bits per heavy atom. The quantitative estimate of drug-likeness (QED) is 0.839. The second kappa shape index (κ2) is 5.41. The summed E-state index contributed by atoms with van der Waals surface area (Å²) in [4.78, 5) is 0. The molecule has 1 aromatic carbocycles. The van der Waals surface area contributed by atoms with Crippen molar-refractivity contribution in [3.63, 3.8) is 0 Å². The van der Waals surface area contributed by atoms with Crippen LogP contribution in [0, 0.1) is 13.8 Å². The molecule has 1 heterocycles. The lowest BCUT2D eigenvalue weighted by molar-refractivity contribution is 0.408. The van der Waals surface area contributed by atoms with E-state index in [-0.39, 0.29) is 0 Å². The van der Waals surface area contributed by atoms with Crippen LogP contribution >= 0.6 is 0 Å². The monoisotopic (exact) mass is 234 g/mol. The Bertz CT molecular complexity index is 361. The van der Waals surface area contributed by atoms with Crippen molar-refractivity contribution >= 4 is 5.69 Å². The van der Waals surface area contributed by atoms with Crippen molar-refractivity contribution in [2.45, 2.75) is 32.7 Å². The molecule has 0 amide bonds. The average Bonchev–Trinajstić information content (AvgIpc) is 2.79. The second-order valence-corrected chi connectivity index (χ2v) is 4.82. The maximum absolute atomic E-state index is 5.37. The number of hydrogen-bond donors (Lipinski definition) is 2. The van der Waals surface area contributed by atoms with Crippen molar-refractivity contribution in [3.05, 3.63) is 23.3 Å². The van der Waals surface area contributed by atoms with Crippen LogP contribution in [-0.4, -0.2) is 26.2 Å². The molecule has 0 spiro atoms. The van der Waals surface area contributed by atoms with E-state index in [9.17, 15) is 0 Å². The number of ether oxygens (including phenoxy) is 1. The highest BCUT2D eigenvalue weighted by molar-refractivity contribution is 5.55. The number of anilines is 1. The lowest BCUT2D eigenvalue weighted by atomic mass is 10.1. The normalized spacial score (nSPS) is 19.4. The van der Waals surface area contributed by atoms with Gasteiger partial charge in [-0.2, -0.15) is 0 Å². The van der Waals surface area contributed by atoms with Crippen molar-refractivity contribution in [1.29, 1.82) is 0 Å². The summed E-state index contributed by atoms with van der Waals surface area (Å²) >= 11 is 0. The van der Waals surface area contributed by atoms with Crippen molar-refractivity contribution in [2.75, 3.05) is 25.5 Å². The highest BCUT2D eigenvalue weighted by atomic mass is 16.5. The van der Waals surface area contributed by atoms with E-state index in [0.717, 1.165) is 18.8 Å². The van der Waals surface area contributed by atoms with Gasteiger partial charge in [-0.25, -0.2) is 0 Å². The molecule has 2 rings (SSSR count). The van der Waals surface area contributed by atoms with Crippen LogP contribution in [0.2, 0.25) is 0 Å². The van der Waals surface area contributed by atoms with Crippen LogP contribution in [0.3, 0.4) is 0 Å². The number of benzene rings is 1. The third-order valence-electron chi connectivity index (χ3n) is 3.38. The van der Waals surface area contributed by atoms with Gasteiger partial charge < -0.3 is 15.4 Å². The highest BCUT2D eigenvalue weighted by Gasteiger charge is 2.13. The van der Waals surface area contributed by atoms with Gasteiger partial charge in [-0.05, 0) is 56.5 Å². The molecule has 0 bridgehead atoms. The molecule has 0 aromatic heterocycles. The minimum Gasteiger partial charge on any atom is -0.496 e. The van der Waals surface area contributed by atoms with Gasteiger partial charge in [-0.1, -0.05) is 0 Å². The Balaban J connectivity index is 2.01. The molecule has 1 aliphatic rings. The van der Waals surface area contributed by atoms with E-state index in [4.69, 9.17) is 4.74 Å². The largest absolute Gasteiger partial charge is 0.496 e. The molecule has 94 valence electrons. The van der Waals surface area contributed by atoms with Crippen LogP contribution in [0.4, 0.5) is 5.69 Å². The zero-order chi connectivity index (χ0) is 12.3. The van der Waals surface area contributed by atoms with E-state index < -0.39 is 0 Å². The summed E-state index contributed by atoms with van der Waals surface area (Å²) in [5.41, 5.74) is 3.57. The molecular weight excluding hydrogens is 212 g/mol. The molecule has 3 heteroatoms. The Morgan fingerprint density at radius 3 is 2.59 bits per heavy atom. The smallest absolute Gasteiger partial charge is 0.124 e. The van der Waals surface area contributed by atoms with E-state index in [1.807, 2.05) is 0 Å². The number of methoxy groups -OCH3 is 1. The van der Waals surface area contributed by atoms with Gasteiger partial charge in [0, 0.05) is 18.3 Å². The number of hydrogen-bond acceptors (Lipinski definition) is 3. The van der Waals surface area contributed by atoms with E-state index in [1.165, 1.54) is 29.7 Å². The Kier molecular flexibility index (Phi) is 3.89. The van der Waals surface area contributed by atoms with Crippen LogP contribution in [0.25, 0.3) is 0 Å². The molecule has 1 aromatic rings. The minimum absolute atomic E-state index is 0.623. The molecule has 17 heavy (non-hydrogen) atoms. The predicted molar refractivity (Wildman–Crippen MR) is 72.0 cm³/mol. The van der Waals surface area contributed by atoms with Gasteiger partial charge in [0.05, 0.1) is 7.11 Å². The zero-order valence-corrected chi connectivity index (χ0v) is 11.0. The Labute approximate surface area is 104 Å². The SMILES string of the molecule is COc1c(C)cc(NCC2CCCN2)cc1C. The van der Waals surface area contributed by atoms with Gasteiger partial charge in [0.1, 0.15) is 5.75 Å². The van der Waals surface area contributed by atoms with E-state index in [2.05, 4.69) is 36.6 Å². The fourth-order valence-corrected chi connectivity index (χ4v) is 2.55. The molecule has 1 fully saturated rings. The van der Waals surface area contributed by atoms with Crippen LogP contribution in [0.15, 0.2) is 12.1 Å². The first-order chi connectivity index (χ1) is 8.20. The third-order valence-corrected chi connectivity index (χ3v) is 3.38. The van der Waals surface area contributed by atoms with Crippen molar-refractivity contribution in [2.24, 2.45) is 0 Å². The lowest BCUT2D eigenvalue weighted by Gasteiger charge is -2.15. The van der Waals surface area contributed by atoms with Crippen molar-refractivity contribution in [1.82, 2.24) is 5.32 Å². The zero-order valence-electron chi connectivity index (χ0n) is 11.0. The molecule has 1 saturated heterocycles. The van der Waals surface area contributed by atoms with Crippen LogP contribution in [-0.2, 0) is 0 Å². The van der Waals surface area contributed by atoms with Crippen molar-refractivity contribution < 1.29 is 4.74 Å². The number of aryl methyl sites for hydroxylation is 2. The van der Waals surface area contributed by atoms with Gasteiger partial charge in [0.2, 0.25) is 0 Å². The maximum Gasteiger partial charge on any atom is 0.124 e. The number of nitrogens with one attached hydrogen (secondary N) is 2. The van der Waals surface area contributed by atoms with Crippen molar-refractivity contribution in [3.8, 4) is 5.75 Å². The average molecular weight is 234 g/mol. The van der Waals surface area contributed by atoms with Gasteiger partial charge >= 0.3 is 0 Å². The van der Waals surface area contributed by atoms with E-state index in [0.29, 0.717) is 6.04 Å². The highest BCUT2D eigenvalue weighted by Crippen LogP contribution is 2.26. The molecule has 0 radical (unpaired) electrons. The van der Waals surface area contributed by atoms with Gasteiger partial charge in [0.15, 0.2) is 0 Å². The Hall–Kier alpha value is -1.22.